The topological polar surface area (TPSA) is 99.3 Å². The zero-order valence-electron chi connectivity index (χ0n) is 22.0. The molecule has 6 rings (SSSR count). The van der Waals surface area contributed by atoms with E-state index in [1.807, 2.05) is 21.9 Å². The maximum atomic E-state index is 14.8. The van der Waals surface area contributed by atoms with Gasteiger partial charge in [-0.15, -0.1) is 0 Å². The summed E-state index contributed by atoms with van der Waals surface area (Å²) in [4.78, 5) is 23.6. The molecule has 3 aliphatic rings. The average Bonchev–Trinajstić information content (AvgIpc) is 3.19. The van der Waals surface area contributed by atoms with Crippen molar-refractivity contribution in [1.29, 1.82) is 0 Å². The SMILES string of the molecule is CN1CCN(c2cn(CC(C)(C)F)c3cc(-c4[nH]ncc4C4CC45CCCCN5C(N)=O)ncc23)CC1. The van der Waals surface area contributed by atoms with Crippen LogP contribution in [0, 0.1) is 0 Å². The number of alkyl halides is 1. The Kier molecular flexibility index (Phi) is 5.70. The fraction of sp³-hybridized carbons (Fsp3) is 0.593. The number of aromatic nitrogens is 4. The summed E-state index contributed by atoms with van der Waals surface area (Å²) in [6, 6.07) is 1.72. The van der Waals surface area contributed by atoms with Gasteiger partial charge >= 0.3 is 6.03 Å². The molecule has 5 heterocycles. The molecular formula is C27H37FN8O. The number of aromatic amines is 1. The highest BCUT2D eigenvalue weighted by Crippen LogP contribution is 2.60. The van der Waals surface area contributed by atoms with E-state index in [-0.39, 0.29) is 24.0 Å². The molecule has 9 nitrogen and oxygen atoms in total. The van der Waals surface area contributed by atoms with E-state index >= 15 is 0 Å². The third kappa shape index (κ3) is 4.24. The van der Waals surface area contributed by atoms with Crippen LogP contribution >= 0.6 is 0 Å². The van der Waals surface area contributed by atoms with Crippen LogP contribution in [0.5, 0.6) is 0 Å². The molecule has 3 N–H and O–H groups in total. The fourth-order valence-corrected chi connectivity index (χ4v) is 6.56. The number of hydrogen-bond donors (Lipinski definition) is 2. The lowest BCUT2D eigenvalue weighted by Crippen LogP contribution is -2.49. The number of anilines is 1. The maximum Gasteiger partial charge on any atom is 0.315 e. The molecule has 0 aromatic carbocycles. The molecule has 3 aromatic rings. The summed E-state index contributed by atoms with van der Waals surface area (Å²) < 4.78 is 16.9. The van der Waals surface area contributed by atoms with Crippen LogP contribution in [-0.4, -0.2) is 86.6 Å². The van der Waals surface area contributed by atoms with Crippen LogP contribution in [0.3, 0.4) is 0 Å². The van der Waals surface area contributed by atoms with Crippen LogP contribution in [-0.2, 0) is 6.54 Å². The molecule has 1 saturated carbocycles. The number of piperazine rings is 1. The number of likely N-dealkylation sites (N-methyl/N-ethyl adjacent to an activating group) is 1. The quantitative estimate of drug-likeness (QED) is 0.547. The summed E-state index contributed by atoms with van der Waals surface area (Å²) in [5, 5.41) is 8.58. The van der Waals surface area contributed by atoms with Gasteiger partial charge < -0.3 is 25.0 Å². The minimum absolute atomic E-state index is 0.184. The molecule has 10 heteroatoms. The third-order valence-electron chi connectivity index (χ3n) is 8.53. The van der Waals surface area contributed by atoms with Crippen molar-refractivity contribution >= 4 is 22.6 Å². The van der Waals surface area contributed by atoms with Gasteiger partial charge in [0.05, 0.1) is 40.9 Å². The largest absolute Gasteiger partial charge is 0.367 e. The fourth-order valence-electron chi connectivity index (χ4n) is 6.56. The van der Waals surface area contributed by atoms with Gasteiger partial charge in [-0.3, -0.25) is 10.1 Å². The normalized spacial score (nSPS) is 24.8. The molecule has 2 atom stereocenters. The first-order valence-corrected chi connectivity index (χ1v) is 13.4. The van der Waals surface area contributed by atoms with Crippen molar-refractivity contribution in [1.82, 2.24) is 29.5 Å². The van der Waals surface area contributed by atoms with E-state index in [1.54, 1.807) is 13.8 Å². The monoisotopic (exact) mass is 508 g/mol. The van der Waals surface area contributed by atoms with Gasteiger partial charge in [-0.1, -0.05) is 0 Å². The lowest BCUT2D eigenvalue weighted by molar-refractivity contribution is 0.144. The molecule has 198 valence electrons. The first-order chi connectivity index (χ1) is 17.7. The van der Waals surface area contributed by atoms with Crippen LogP contribution in [0.4, 0.5) is 14.9 Å². The van der Waals surface area contributed by atoms with Crippen LogP contribution in [0.1, 0.15) is 51.0 Å². The number of nitrogens with zero attached hydrogens (tertiary/aromatic N) is 6. The smallest absolute Gasteiger partial charge is 0.315 e. The highest BCUT2D eigenvalue weighted by atomic mass is 19.1. The van der Waals surface area contributed by atoms with Crippen molar-refractivity contribution < 1.29 is 9.18 Å². The number of carbonyl (C=O) groups is 1. The lowest BCUT2D eigenvalue weighted by atomic mass is 9.95. The summed E-state index contributed by atoms with van der Waals surface area (Å²) in [7, 11) is 2.14. The number of fused-ring (bicyclic) bond motifs is 1. The Morgan fingerprint density at radius 1 is 1.22 bits per heavy atom. The van der Waals surface area contributed by atoms with Crippen molar-refractivity contribution in [3.8, 4) is 11.4 Å². The Bertz CT molecular complexity index is 1320. The number of halogens is 1. The zero-order chi connectivity index (χ0) is 25.9. The Hall–Kier alpha value is -3.14. The van der Waals surface area contributed by atoms with Crippen molar-refractivity contribution in [3.05, 3.63) is 30.2 Å². The lowest BCUT2D eigenvalue weighted by Gasteiger charge is -2.36. The molecule has 2 aliphatic heterocycles. The maximum absolute atomic E-state index is 14.8. The molecule has 2 amide bonds. The number of carbonyl (C=O) groups excluding carboxylic acids is 1. The van der Waals surface area contributed by atoms with E-state index in [1.165, 1.54) is 0 Å². The van der Waals surface area contributed by atoms with Gasteiger partial charge in [-0.05, 0) is 52.6 Å². The van der Waals surface area contributed by atoms with Gasteiger partial charge in [0.15, 0.2) is 0 Å². The third-order valence-corrected chi connectivity index (χ3v) is 8.53. The number of piperidine rings is 1. The summed E-state index contributed by atoms with van der Waals surface area (Å²) >= 11 is 0. The van der Waals surface area contributed by atoms with Crippen molar-refractivity contribution in [2.24, 2.45) is 5.73 Å². The Morgan fingerprint density at radius 2 is 2.00 bits per heavy atom. The molecule has 2 saturated heterocycles. The second-order valence-corrected chi connectivity index (χ2v) is 11.7. The molecule has 37 heavy (non-hydrogen) atoms. The van der Waals surface area contributed by atoms with E-state index in [9.17, 15) is 9.18 Å². The Balaban J connectivity index is 1.38. The minimum Gasteiger partial charge on any atom is -0.367 e. The van der Waals surface area contributed by atoms with Crippen molar-refractivity contribution in [2.45, 2.75) is 63.2 Å². The van der Waals surface area contributed by atoms with Gasteiger partial charge in [-0.25, -0.2) is 9.18 Å². The molecule has 3 fully saturated rings. The van der Waals surface area contributed by atoms with Crippen LogP contribution in [0.2, 0.25) is 0 Å². The number of pyridine rings is 1. The van der Waals surface area contributed by atoms with Crippen LogP contribution in [0.15, 0.2) is 24.7 Å². The minimum atomic E-state index is -1.35. The van der Waals surface area contributed by atoms with Crippen molar-refractivity contribution in [2.75, 3.05) is 44.7 Å². The summed E-state index contributed by atoms with van der Waals surface area (Å²) in [6.07, 6.45) is 9.81. The number of nitrogens with one attached hydrogen (secondary N) is 1. The number of likely N-dealkylation sites (tertiary alicyclic amines) is 1. The number of rotatable bonds is 5. The molecule has 0 radical (unpaired) electrons. The van der Waals surface area contributed by atoms with Crippen LogP contribution in [0.25, 0.3) is 22.3 Å². The summed E-state index contributed by atoms with van der Waals surface area (Å²) in [5.41, 5.74) is 8.99. The summed E-state index contributed by atoms with van der Waals surface area (Å²) in [6.45, 7) is 8.06. The van der Waals surface area contributed by atoms with E-state index in [4.69, 9.17) is 10.7 Å². The number of hydrogen-bond acceptors (Lipinski definition) is 5. The van der Waals surface area contributed by atoms with E-state index < -0.39 is 5.67 Å². The standard InChI is InChI=1S/C27H37FN8O/c1-26(2,28)17-35-16-23(34-10-8-33(3)9-11-34)19-14-30-21(12-22(19)35)24-18(15-31-32-24)20-13-27(20)6-4-5-7-36(27)25(29)37/h12,14-16,20H,4-11,13,17H2,1-3H3,(H2,29,37)(H,31,32). The number of nitrogens with two attached hydrogens (primary N) is 1. The van der Waals surface area contributed by atoms with E-state index in [2.05, 4.69) is 39.3 Å². The van der Waals surface area contributed by atoms with Crippen molar-refractivity contribution in [3.63, 3.8) is 0 Å². The molecule has 2 unspecified atom stereocenters. The molecule has 0 bridgehead atoms. The van der Waals surface area contributed by atoms with E-state index in [0.29, 0.717) is 6.54 Å². The number of amides is 2. The predicted octanol–water partition coefficient (Wildman–Crippen LogP) is 3.72. The molecule has 1 aliphatic carbocycles. The first kappa shape index (κ1) is 24.2. The highest BCUT2D eigenvalue weighted by molar-refractivity contribution is 5.95. The second kappa shape index (κ2) is 8.72. The average molecular weight is 509 g/mol. The number of urea groups is 1. The van der Waals surface area contributed by atoms with Gasteiger partial charge in [0.1, 0.15) is 5.67 Å². The molecule has 1 spiro atoms. The summed E-state index contributed by atoms with van der Waals surface area (Å²) in [5.74, 6) is 0.184. The van der Waals surface area contributed by atoms with Gasteiger partial charge in [0, 0.05) is 62.0 Å². The molecule has 3 aromatic heterocycles. The Labute approximate surface area is 216 Å². The highest BCUT2D eigenvalue weighted by Gasteiger charge is 2.61. The van der Waals surface area contributed by atoms with Gasteiger partial charge in [-0.2, -0.15) is 5.10 Å². The predicted molar refractivity (Wildman–Crippen MR) is 142 cm³/mol. The number of H-pyrrole nitrogens is 1. The molecular weight excluding hydrogens is 471 g/mol. The second-order valence-electron chi connectivity index (χ2n) is 11.7. The Morgan fingerprint density at radius 3 is 2.73 bits per heavy atom. The first-order valence-electron chi connectivity index (χ1n) is 13.4. The zero-order valence-corrected chi connectivity index (χ0v) is 22.0. The van der Waals surface area contributed by atoms with Gasteiger partial charge in [0.25, 0.3) is 0 Å². The van der Waals surface area contributed by atoms with E-state index in [0.717, 1.165) is 85.4 Å². The van der Waals surface area contributed by atoms with Crippen LogP contribution < -0.4 is 10.6 Å². The number of primary amides is 1. The van der Waals surface area contributed by atoms with Gasteiger partial charge in [0.2, 0.25) is 0 Å².